The SMILES string of the molecule is O=C(Cc1ccc(F)c(Br)c1)N1CCCC1c1ccc2c(c1)OCCO2. The quantitative estimate of drug-likeness (QED) is 0.745. The number of carbonyl (C=O) groups is 1. The van der Waals surface area contributed by atoms with E-state index in [2.05, 4.69) is 15.9 Å². The van der Waals surface area contributed by atoms with Crippen molar-refractivity contribution in [2.45, 2.75) is 25.3 Å². The molecule has 2 heterocycles. The molecular formula is C20H19BrFNO3. The highest BCUT2D eigenvalue weighted by molar-refractivity contribution is 9.10. The van der Waals surface area contributed by atoms with Gasteiger partial charge < -0.3 is 14.4 Å². The Bertz CT molecular complexity index is 842. The summed E-state index contributed by atoms with van der Waals surface area (Å²) in [5.41, 5.74) is 1.87. The molecule has 4 rings (SSSR count). The van der Waals surface area contributed by atoms with Crippen molar-refractivity contribution < 1.29 is 18.7 Å². The number of benzene rings is 2. The number of hydrogen-bond donors (Lipinski definition) is 0. The van der Waals surface area contributed by atoms with Crippen LogP contribution in [0.5, 0.6) is 11.5 Å². The number of likely N-dealkylation sites (tertiary alicyclic amines) is 1. The number of hydrogen-bond acceptors (Lipinski definition) is 3. The van der Waals surface area contributed by atoms with Gasteiger partial charge in [-0.2, -0.15) is 0 Å². The molecule has 0 saturated carbocycles. The Labute approximate surface area is 160 Å². The molecule has 0 N–H and O–H groups in total. The molecule has 0 bridgehead atoms. The standard InChI is InChI=1S/C20H19BrFNO3/c21-15-10-13(3-5-16(15)22)11-20(24)23-7-1-2-17(23)14-4-6-18-19(12-14)26-9-8-25-18/h3-6,10,12,17H,1-2,7-9,11H2. The monoisotopic (exact) mass is 419 g/mol. The van der Waals surface area contributed by atoms with Gasteiger partial charge in [0.2, 0.25) is 5.91 Å². The molecule has 0 aromatic heterocycles. The number of amides is 1. The molecule has 136 valence electrons. The van der Waals surface area contributed by atoms with E-state index in [0.29, 0.717) is 17.7 Å². The fraction of sp³-hybridized carbons (Fsp3) is 0.350. The first kappa shape index (κ1) is 17.3. The Kier molecular flexibility index (Phi) is 4.85. The van der Waals surface area contributed by atoms with Gasteiger partial charge in [-0.1, -0.05) is 12.1 Å². The van der Waals surface area contributed by atoms with Gasteiger partial charge in [0, 0.05) is 6.54 Å². The Morgan fingerprint density at radius 3 is 2.77 bits per heavy atom. The van der Waals surface area contributed by atoms with Crippen LogP contribution in [0.15, 0.2) is 40.9 Å². The molecule has 0 spiro atoms. The van der Waals surface area contributed by atoms with E-state index in [9.17, 15) is 9.18 Å². The molecule has 26 heavy (non-hydrogen) atoms. The summed E-state index contributed by atoms with van der Waals surface area (Å²) >= 11 is 3.18. The van der Waals surface area contributed by atoms with Crippen LogP contribution >= 0.6 is 15.9 Å². The summed E-state index contributed by atoms with van der Waals surface area (Å²) in [6.07, 6.45) is 2.16. The minimum absolute atomic E-state index is 0.0437. The molecule has 1 unspecified atom stereocenters. The third-order valence-electron chi connectivity index (χ3n) is 4.86. The van der Waals surface area contributed by atoms with E-state index in [1.165, 1.54) is 6.07 Å². The predicted molar refractivity (Wildman–Crippen MR) is 98.9 cm³/mol. The fourth-order valence-corrected chi connectivity index (χ4v) is 4.03. The summed E-state index contributed by atoms with van der Waals surface area (Å²) in [6, 6.07) is 10.7. The van der Waals surface area contributed by atoms with Crippen molar-refractivity contribution in [2.24, 2.45) is 0 Å². The normalized spacial score (nSPS) is 18.8. The van der Waals surface area contributed by atoms with Crippen molar-refractivity contribution in [3.05, 3.63) is 57.8 Å². The number of carbonyl (C=O) groups excluding carboxylic acids is 1. The van der Waals surface area contributed by atoms with E-state index < -0.39 is 0 Å². The summed E-state index contributed by atoms with van der Waals surface area (Å²) in [7, 11) is 0. The summed E-state index contributed by atoms with van der Waals surface area (Å²) in [6.45, 7) is 1.84. The predicted octanol–water partition coefficient (Wildman–Crippen LogP) is 4.27. The van der Waals surface area contributed by atoms with Crippen LogP contribution in [0, 0.1) is 5.82 Å². The van der Waals surface area contributed by atoms with Gasteiger partial charge in [-0.25, -0.2) is 4.39 Å². The third-order valence-corrected chi connectivity index (χ3v) is 5.47. The average molecular weight is 420 g/mol. The number of nitrogens with zero attached hydrogens (tertiary/aromatic N) is 1. The van der Waals surface area contributed by atoms with Crippen LogP contribution in [0.3, 0.4) is 0 Å². The first-order chi connectivity index (χ1) is 12.6. The maximum Gasteiger partial charge on any atom is 0.227 e. The molecule has 1 fully saturated rings. The van der Waals surface area contributed by atoms with Gasteiger partial charge in [-0.15, -0.1) is 0 Å². The lowest BCUT2D eigenvalue weighted by Gasteiger charge is -2.27. The lowest BCUT2D eigenvalue weighted by molar-refractivity contribution is -0.131. The van der Waals surface area contributed by atoms with Gasteiger partial charge in [0.15, 0.2) is 11.5 Å². The minimum Gasteiger partial charge on any atom is -0.486 e. The topological polar surface area (TPSA) is 38.8 Å². The second-order valence-corrected chi connectivity index (χ2v) is 7.43. The van der Waals surface area contributed by atoms with Crippen LogP contribution in [0.1, 0.15) is 30.0 Å². The molecular weight excluding hydrogens is 401 g/mol. The van der Waals surface area contributed by atoms with Gasteiger partial charge in [-0.05, 0) is 64.2 Å². The Morgan fingerprint density at radius 2 is 1.96 bits per heavy atom. The zero-order valence-electron chi connectivity index (χ0n) is 14.2. The van der Waals surface area contributed by atoms with E-state index in [1.54, 1.807) is 12.1 Å². The molecule has 4 nitrogen and oxygen atoms in total. The largest absolute Gasteiger partial charge is 0.486 e. The lowest BCUT2D eigenvalue weighted by Crippen LogP contribution is -2.32. The summed E-state index contributed by atoms with van der Waals surface area (Å²) in [5, 5.41) is 0. The van der Waals surface area contributed by atoms with E-state index >= 15 is 0 Å². The van der Waals surface area contributed by atoms with Crippen molar-refractivity contribution in [2.75, 3.05) is 19.8 Å². The minimum atomic E-state index is -0.323. The lowest BCUT2D eigenvalue weighted by atomic mass is 10.0. The number of ether oxygens (including phenoxy) is 2. The van der Waals surface area contributed by atoms with Crippen LogP contribution in [0.2, 0.25) is 0 Å². The Morgan fingerprint density at radius 1 is 1.15 bits per heavy atom. The van der Waals surface area contributed by atoms with Crippen molar-refractivity contribution in [1.82, 2.24) is 4.90 Å². The van der Waals surface area contributed by atoms with Crippen molar-refractivity contribution in [3.8, 4) is 11.5 Å². The molecule has 1 amide bonds. The van der Waals surface area contributed by atoms with E-state index in [-0.39, 0.29) is 24.2 Å². The van der Waals surface area contributed by atoms with Gasteiger partial charge in [-0.3, -0.25) is 4.79 Å². The first-order valence-electron chi connectivity index (χ1n) is 8.75. The second-order valence-electron chi connectivity index (χ2n) is 6.57. The summed E-state index contributed by atoms with van der Waals surface area (Å²) in [4.78, 5) is 14.8. The number of halogens is 2. The highest BCUT2D eigenvalue weighted by atomic mass is 79.9. The van der Waals surface area contributed by atoms with Crippen molar-refractivity contribution in [1.29, 1.82) is 0 Å². The molecule has 2 aromatic rings. The molecule has 1 atom stereocenters. The highest BCUT2D eigenvalue weighted by Gasteiger charge is 2.30. The number of rotatable bonds is 3. The van der Waals surface area contributed by atoms with Crippen LogP contribution in [0.4, 0.5) is 4.39 Å². The van der Waals surface area contributed by atoms with Crippen LogP contribution in [0.25, 0.3) is 0 Å². The van der Waals surface area contributed by atoms with Crippen molar-refractivity contribution in [3.63, 3.8) is 0 Å². The molecule has 2 aliphatic heterocycles. The fourth-order valence-electron chi connectivity index (χ4n) is 3.60. The van der Waals surface area contributed by atoms with Gasteiger partial charge in [0.1, 0.15) is 19.0 Å². The van der Waals surface area contributed by atoms with Crippen LogP contribution < -0.4 is 9.47 Å². The summed E-state index contributed by atoms with van der Waals surface area (Å²) < 4.78 is 25.0. The summed E-state index contributed by atoms with van der Waals surface area (Å²) in [5.74, 6) is 1.24. The first-order valence-corrected chi connectivity index (χ1v) is 9.54. The molecule has 1 saturated heterocycles. The Balaban J connectivity index is 1.52. The third kappa shape index (κ3) is 3.43. The van der Waals surface area contributed by atoms with Gasteiger partial charge in [0.25, 0.3) is 0 Å². The Hall–Kier alpha value is -2.08. The average Bonchev–Trinajstić information content (AvgIpc) is 3.14. The molecule has 0 aliphatic carbocycles. The van der Waals surface area contributed by atoms with E-state index in [4.69, 9.17) is 9.47 Å². The molecule has 2 aliphatic rings. The highest BCUT2D eigenvalue weighted by Crippen LogP contribution is 2.38. The second kappa shape index (κ2) is 7.27. The van der Waals surface area contributed by atoms with Crippen molar-refractivity contribution >= 4 is 21.8 Å². The van der Waals surface area contributed by atoms with Crippen LogP contribution in [-0.4, -0.2) is 30.6 Å². The van der Waals surface area contributed by atoms with Gasteiger partial charge >= 0.3 is 0 Å². The number of fused-ring (bicyclic) bond motifs is 1. The maximum atomic E-state index is 13.4. The van der Waals surface area contributed by atoms with E-state index in [0.717, 1.165) is 42.0 Å². The van der Waals surface area contributed by atoms with Gasteiger partial charge in [0.05, 0.1) is 16.9 Å². The zero-order chi connectivity index (χ0) is 18.1. The maximum absolute atomic E-state index is 13.4. The molecule has 0 radical (unpaired) electrons. The zero-order valence-corrected chi connectivity index (χ0v) is 15.8. The van der Waals surface area contributed by atoms with E-state index in [1.807, 2.05) is 23.1 Å². The van der Waals surface area contributed by atoms with Crippen LogP contribution in [-0.2, 0) is 11.2 Å². The molecule has 2 aromatic carbocycles. The molecule has 6 heteroatoms. The smallest absolute Gasteiger partial charge is 0.227 e.